The Bertz CT molecular complexity index is 419. The van der Waals surface area contributed by atoms with Crippen molar-refractivity contribution in [3.05, 3.63) is 17.5 Å². The first-order chi connectivity index (χ1) is 8.58. The molecule has 1 aromatic heterocycles. The van der Waals surface area contributed by atoms with Crippen molar-refractivity contribution in [3.63, 3.8) is 0 Å². The Balaban J connectivity index is 1.96. The van der Waals surface area contributed by atoms with Crippen LogP contribution in [-0.4, -0.2) is 27.6 Å². The van der Waals surface area contributed by atoms with Gasteiger partial charge in [0.15, 0.2) is 0 Å². The highest BCUT2D eigenvalue weighted by molar-refractivity contribution is 5.78. The van der Waals surface area contributed by atoms with Crippen LogP contribution in [0.15, 0.2) is 6.20 Å². The number of rotatable bonds is 3. The van der Waals surface area contributed by atoms with Crippen LogP contribution in [-0.2, 0) is 18.4 Å². The van der Waals surface area contributed by atoms with Crippen molar-refractivity contribution in [1.29, 1.82) is 0 Å². The first-order valence-electron chi connectivity index (χ1n) is 6.82. The third kappa shape index (κ3) is 2.92. The number of hydrogen-bond acceptors (Lipinski definition) is 2. The number of nitrogens with zero attached hydrogens (tertiary/aromatic N) is 3. The molecule has 1 aromatic rings. The molecule has 0 unspecified atom stereocenters. The molecular formula is C14H23N3O. The lowest BCUT2D eigenvalue weighted by atomic mass is 9.88. The zero-order chi connectivity index (χ0) is 13.1. The summed E-state index contributed by atoms with van der Waals surface area (Å²) in [5.41, 5.74) is 2.16. The van der Waals surface area contributed by atoms with E-state index < -0.39 is 0 Å². The van der Waals surface area contributed by atoms with Crippen molar-refractivity contribution in [2.24, 2.45) is 13.0 Å². The van der Waals surface area contributed by atoms with E-state index in [4.69, 9.17) is 0 Å². The van der Waals surface area contributed by atoms with Gasteiger partial charge >= 0.3 is 0 Å². The van der Waals surface area contributed by atoms with E-state index in [1.165, 1.54) is 19.3 Å². The summed E-state index contributed by atoms with van der Waals surface area (Å²) < 4.78 is 1.81. The highest BCUT2D eigenvalue weighted by Crippen LogP contribution is 2.25. The van der Waals surface area contributed by atoms with Gasteiger partial charge in [-0.1, -0.05) is 19.3 Å². The van der Waals surface area contributed by atoms with Crippen LogP contribution in [0.2, 0.25) is 0 Å². The van der Waals surface area contributed by atoms with Gasteiger partial charge in [-0.3, -0.25) is 9.48 Å². The fraction of sp³-hybridized carbons (Fsp3) is 0.714. The van der Waals surface area contributed by atoms with Crippen LogP contribution >= 0.6 is 0 Å². The zero-order valence-electron chi connectivity index (χ0n) is 11.6. The van der Waals surface area contributed by atoms with Crippen LogP contribution in [0.25, 0.3) is 0 Å². The molecule has 0 atom stereocenters. The van der Waals surface area contributed by atoms with Crippen LogP contribution in [0.5, 0.6) is 0 Å². The summed E-state index contributed by atoms with van der Waals surface area (Å²) in [5.74, 6) is 0.554. The van der Waals surface area contributed by atoms with Crippen molar-refractivity contribution in [2.45, 2.75) is 45.6 Å². The molecule has 0 aromatic carbocycles. The van der Waals surface area contributed by atoms with E-state index in [-0.39, 0.29) is 5.92 Å². The fourth-order valence-electron chi connectivity index (χ4n) is 2.80. The Morgan fingerprint density at radius 3 is 2.67 bits per heavy atom. The first-order valence-corrected chi connectivity index (χ1v) is 6.82. The quantitative estimate of drug-likeness (QED) is 0.824. The molecule has 0 saturated heterocycles. The molecule has 1 amide bonds. The van der Waals surface area contributed by atoms with Crippen LogP contribution in [0.4, 0.5) is 0 Å². The molecule has 2 rings (SSSR count). The van der Waals surface area contributed by atoms with Gasteiger partial charge in [0.2, 0.25) is 5.91 Å². The highest BCUT2D eigenvalue weighted by Gasteiger charge is 2.24. The van der Waals surface area contributed by atoms with E-state index in [0.29, 0.717) is 12.5 Å². The summed E-state index contributed by atoms with van der Waals surface area (Å²) in [6.45, 7) is 2.67. The van der Waals surface area contributed by atoms with Crippen molar-refractivity contribution >= 4 is 5.91 Å². The Hall–Kier alpha value is -1.32. The third-order valence-corrected chi connectivity index (χ3v) is 3.85. The molecule has 4 heteroatoms. The van der Waals surface area contributed by atoms with E-state index in [0.717, 1.165) is 24.1 Å². The predicted molar refractivity (Wildman–Crippen MR) is 71.0 cm³/mol. The van der Waals surface area contributed by atoms with E-state index in [2.05, 4.69) is 5.10 Å². The zero-order valence-corrected chi connectivity index (χ0v) is 11.6. The number of amides is 1. The topological polar surface area (TPSA) is 38.1 Å². The van der Waals surface area contributed by atoms with Gasteiger partial charge in [-0.25, -0.2) is 0 Å². The molecule has 1 saturated carbocycles. The SMILES string of the molecule is Cc1nn(C)cc1CN(C)C(=O)C1CCCCC1. The summed E-state index contributed by atoms with van der Waals surface area (Å²) in [4.78, 5) is 14.2. The maximum Gasteiger partial charge on any atom is 0.225 e. The molecular weight excluding hydrogens is 226 g/mol. The van der Waals surface area contributed by atoms with Gasteiger partial charge in [-0.2, -0.15) is 5.10 Å². The summed E-state index contributed by atoms with van der Waals surface area (Å²) >= 11 is 0. The maximum atomic E-state index is 12.3. The second-order valence-electron chi connectivity index (χ2n) is 5.44. The molecule has 4 nitrogen and oxygen atoms in total. The molecule has 0 bridgehead atoms. The molecule has 1 fully saturated rings. The number of aromatic nitrogens is 2. The molecule has 18 heavy (non-hydrogen) atoms. The van der Waals surface area contributed by atoms with Crippen LogP contribution in [0.3, 0.4) is 0 Å². The molecule has 0 radical (unpaired) electrons. The lowest BCUT2D eigenvalue weighted by Gasteiger charge is -2.26. The van der Waals surface area contributed by atoms with Crippen molar-refractivity contribution in [1.82, 2.24) is 14.7 Å². The van der Waals surface area contributed by atoms with Gasteiger partial charge in [0.05, 0.1) is 5.69 Å². The smallest absolute Gasteiger partial charge is 0.225 e. The number of carbonyl (C=O) groups is 1. The van der Waals surface area contributed by atoms with Crippen LogP contribution in [0.1, 0.15) is 43.4 Å². The number of carbonyl (C=O) groups excluding carboxylic acids is 1. The highest BCUT2D eigenvalue weighted by atomic mass is 16.2. The minimum absolute atomic E-state index is 0.251. The lowest BCUT2D eigenvalue weighted by molar-refractivity contribution is -0.135. The minimum atomic E-state index is 0.251. The second kappa shape index (κ2) is 5.55. The largest absolute Gasteiger partial charge is 0.341 e. The molecule has 1 aliphatic carbocycles. The van der Waals surface area contributed by atoms with E-state index >= 15 is 0 Å². The van der Waals surface area contributed by atoms with Gasteiger partial charge in [0, 0.05) is 38.3 Å². The van der Waals surface area contributed by atoms with Gasteiger partial charge in [-0.15, -0.1) is 0 Å². The first kappa shape index (κ1) is 13.1. The summed E-state index contributed by atoms with van der Waals surface area (Å²) in [6.07, 6.45) is 7.83. The number of hydrogen-bond donors (Lipinski definition) is 0. The Labute approximate surface area is 109 Å². The van der Waals surface area contributed by atoms with Crippen molar-refractivity contribution in [2.75, 3.05) is 7.05 Å². The minimum Gasteiger partial charge on any atom is -0.341 e. The summed E-state index contributed by atoms with van der Waals surface area (Å²) in [5, 5.41) is 4.31. The Kier molecular flexibility index (Phi) is 4.04. The summed E-state index contributed by atoms with van der Waals surface area (Å²) in [7, 11) is 3.82. The van der Waals surface area contributed by atoms with Crippen LogP contribution < -0.4 is 0 Å². The third-order valence-electron chi connectivity index (χ3n) is 3.85. The van der Waals surface area contributed by atoms with Gasteiger partial charge < -0.3 is 4.90 Å². The fourth-order valence-corrected chi connectivity index (χ4v) is 2.80. The maximum absolute atomic E-state index is 12.3. The normalized spacial score (nSPS) is 16.8. The van der Waals surface area contributed by atoms with Gasteiger partial charge in [-0.05, 0) is 19.8 Å². The standard InChI is InChI=1S/C14H23N3O/c1-11-13(10-17(3)15-11)9-16(2)14(18)12-7-5-4-6-8-12/h10,12H,4-9H2,1-3H3. The van der Waals surface area contributed by atoms with E-state index in [1.54, 1.807) is 0 Å². The van der Waals surface area contributed by atoms with Crippen LogP contribution in [0, 0.1) is 12.8 Å². The molecule has 100 valence electrons. The van der Waals surface area contributed by atoms with Crippen molar-refractivity contribution in [3.8, 4) is 0 Å². The van der Waals surface area contributed by atoms with Gasteiger partial charge in [0.25, 0.3) is 0 Å². The molecule has 1 heterocycles. The Morgan fingerprint density at radius 1 is 1.44 bits per heavy atom. The average molecular weight is 249 g/mol. The monoisotopic (exact) mass is 249 g/mol. The molecule has 0 spiro atoms. The van der Waals surface area contributed by atoms with Crippen molar-refractivity contribution < 1.29 is 4.79 Å². The Morgan fingerprint density at radius 2 is 2.11 bits per heavy atom. The summed E-state index contributed by atoms with van der Waals surface area (Å²) in [6, 6.07) is 0. The van der Waals surface area contributed by atoms with E-state index in [1.807, 2.05) is 36.8 Å². The molecule has 1 aliphatic rings. The molecule has 0 aliphatic heterocycles. The van der Waals surface area contributed by atoms with Gasteiger partial charge in [0.1, 0.15) is 0 Å². The molecule has 0 N–H and O–H groups in total. The predicted octanol–water partition coefficient (Wildman–Crippen LogP) is 2.27. The lowest BCUT2D eigenvalue weighted by Crippen LogP contribution is -2.33. The second-order valence-corrected chi connectivity index (χ2v) is 5.44. The van der Waals surface area contributed by atoms with E-state index in [9.17, 15) is 4.79 Å². The average Bonchev–Trinajstić information content (AvgIpc) is 2.68. The number of aryl methyl sites for hydroxylation is 2.